The maximum absolute atomic E-state index is 11.9. The van der Waals surface area contributed by atoms with Crippen molar-refractivity contribution in [1.82, 2.24) is 24.8 Å². The van der Waals surface area contributed by atoms with E-state index in [0.29, 0.717) is 65.4 Å². The van der Waals surface area contributed by atoms with Crippen LogP contribution in [0.2, 0.25) is 10.0 Å². The molecule has 0 N–H and O–H groups in total. The van der Waals surface area contributed by atoms with Crippen molar-refractivity contribution in [2.75, 3.05) is 57.3 Å². The van der Waals surface area contributed by atoms with Crippen LogP contribution in [0, 0.1) is 18.3 Å². The maximum Gasteiger partial charge on any atom is 0.306 e. The first-order valence-corrected chi connectivity index (χ1v) is 15.4. The fourth-order valence-corrected chi connectivity index (χ4v) is 6.02. The SMILES string of the molecule is C#CCN1CCN(c2ncc(Oc3cc(CN4CCC(CC(=O)OCC)CC4)cc(-c4cc(Cl)cc(Cl)c4)n3)cn2)CC1. The molecular formula is C32H36Cl2N6O3. The molecule has 3 aromatic rings. The Labute approximate surface area is 263 Å². The number of ether oxygens (including phenoxy) is 2. The largest absolute Gasteiger partial charge is 0.466 e. The van der Waals surface area contributed by atoms with Crippen LogP contribution in [0.25, 0.3) is 11.3 Å². The van der Waals surface area contributed by atoms with Crippen LogP contribution in [-0.4, -0.2) is 83.1 Å². The highest BCUT2D eigenvalue weighted by Gasteiger charge is 2.23. The lowest BCUT2D eigenvalue weighted by molar-refractivity contribution is -0.144. The van der Waals surface area contributed by atoms with Crippen molar-refractivity contribution in [3.8, 4) is 35.2 Å². The number of piperazine rings is 1. The van der Waals surface area contributed by atoms with Crippen molar-refractivity contribution < 1.29 is 14.3 Å². The molecule has 2 aromatic heterocycles. The molecule has 43 heavy (non-hydrogen) atoms. The molecule has 1 aromatic carbocycles. The average molecular weight is 624 g/mol. The second-order valence-corrected chi connectivity index (χ2v) is 11.7. The molecule has 226 valence electrons. The third kappa shape index (κ3) is 8.80. The van der Waals surface area contributed by atoms with Gasteiger partial charge in [0.15, 0.2) is 5.75 Å². The summed E-state index contributed by atoms with van der Waals surface area (Å²) in [6.07, 6.45) is 11.2. The number of terminal acetylenes is 1. The smallest absolute Gasteiger partial charge is 0.306 e. The number of nitrogens with zero attached hydrogens (tertiary/aromatic N) is 6. The summed E-state index contributed by atoms with van der Waals surface area (Å²) in [5, 5.41) is 1.06. The Balaban J connectivity index is 1.29. The molecular weight excluding hydrogens is 587 g/mol. The minimum absolute atomic E-state index is 0.110. The van der Waals surface area contributed by atoms with Crippen LogP contribution >= 0.6 is 23.2 Å². The molecule has 0 saturated carbocycles. The number of pyridine rings is 1. The minimum atomic E-state index is -0.110. The normalized spacial score (nSPS) is 16.6. The zero-order valence-electron chi connectivity index (χ0n) is 24.3. The van der Waals surface area contributed by atoms with Gasteiger partial charge in [0, 0.05) is 60.8 Å². The van der Waals surface area contributed by atoms with Crippen molar-refractivity contribution in [1.29, 1.82) is 0 Å². The van der Waals surface area contributed by atoms with E-state index in [1.807, 2.05) is 31.2 Å². The second-order valence-electron chi connectivity index (χ2n) is 10.9. The topological polar surface area (TPSA) is 83.9 Å². The van der Waals surface area contributed by atoms with Gasteiger partial charge in [0.05, 0.1) is 31.2 Å². The number of anilines is 1. The van der Waals surface area contributed by atoms with E-state index in [1.165, 1.54) is 0 Å². The van der Waals surface area contributed by atoms with Gasteiger partial charge < -0.3 is 14.4 Å². The first kappa shape index (κ1) is 31.0. The summed E-state index contributed by atoms with van der Waals surface area (Å²) in [6.45, 7) is 8.81. The van der Waals surface area contributed by atoms with E-state index >= 15 is 0 Å². The third-order valence-electron chi connectivity index (χ3n) is 7.70. The van der Waals surface area contributed by atoms with Gasteiger partial charge in [0.1, 0.15) is 0 Å². The quantitative estimate of drug-likeness (QED) is 0.213. The first-order chi connectivity index (χ1) is 20.9. The lowest BCUT2D eigenvalue weighted by Gasteiger charge is -2.33. The molecule has 0 amide bonds. The Morgan fingerprint density at radius 1 is 0.977 bits per heavy atom. The molecule has 11 heteroatoms. The van der Waals surface area contributed by atoms with Gasteiger partial charge in [0.2, 0.25) is 11.8 Å². The number of esters is 1. The molecule has 0 aliphatic carbocycles. The molecule has 0 spiro atoms. The van der Waals surface area contributed by atoms with Crippen molar-refractivity contribution >= 4 is 35.1 Å². The number of halogens is 2. The van der Waals surface area contributed by atoms with E-state index in [1.54, 1.807) is 18.5 Å². The van der Waals surface area contributed by atoms with Crippen LogP contribution in [0.4, 0.5) is 5.95 Å². The number of hydrogen-bond acceptors (Lipinski definition) is 9. The molecule has 9 nitrogen and oxygen atoms in total. The summed E-state index contributed by atoms with van der Waals surface area (Å²) in [7, 11) is 0. The Bertz CT molecular complexity index is 1410. The number of carbonyl (C=O) groups is 1. The Morgan fingerprint density at radius 2 is 1.67 bits per heavy atom. The molecule has 4 heterocycles. The van der Waals surface area contributed by atoms with Gasteiger partial charge in [-0.25, -0.2) is 15.0 Å². The Morgan fingerprint density at radius 3 is 2.33 bits per heavy atom. The summed E-state index contributed by atoms with van der Waals surface area (Å²) in [4.78, 5) is 32.6. The number of piperidine rings is 1. The fraction of sp³-hybridized carbons (Fsp3) is 0.438. The number of hydrogen-bond donors (Lipinski definition) is 0. The maximum atomic E-state index is 11.9. The van der Waals surface area contributed by atoms with E-state index < -0.39 is 0 Å². The molecule has 0 radical (unpaired) electrons. The highest BCUT2D eigenvalue weighted by molar-refractivity contribution is 6.35. The highest BCUT2D eigenvalue weighted by atomic mass is 35.5. The van der Waals surface area contributed by atoms with Gasteiger partial charge >= 0.3 is 5.97 Å². The highest BCUT2D eigenvalue weighted by Crippen LogP contribution is 2.31. The number of rotatable bonds is 10. The molecule has 2 aliphatic heterocycles. The van der Waals surface area contributed by atoms with Crippen LogP contribution in [0.5, 0.6) is 11.6 Å². The van der Waals surface area contributed by atoms with Crippen molar-refractivity contribution in [2.45, 2.75) is 32.7 Å². The van der Waals surface area contributed by atoms with Crippen LogP contribution in [0.3, 0.4) is 0 Å². The minimum Gasteiger partial charge on any atom is -0.466 e. The number of carbonyl (C=O) groups excluding carboxylic acids is 1. The molecule has 0 unspecified atom stereocenters. The van der Waals surface area contributed by atoms with E-state index in [4.69, 9.17) is 44.1 Å². The Kier molecular flexibility index (Phi) is 10.7. The molecule has 2 aliphatic rings. The van der Waals surface area contributed by atoms with Crippen molar-refractivity contribution in [2.24, 2.45) is 5.92 Å². The summed E-state index contributed by atoms with van der Waals surface area (Å²) in [5.41, 5.74) is 2.55. The van der Waals surface area contributed by atoms with Gasteiger partial charge in [-0.15, -0.1) is 6.42 Å². The molecule has 0 atom stereocenters. The summed E-state index contributed by atoms with van der Waals surface area (Å²) < 4.78 is 11.3. The Hall–Kier alpha value is -3.42. The van der Waals surface area contributed by atoms with E-state index in [9.17, 15) is 4.79 Å². The van der Waals surface area contributed by atoms with E-state index in [2.05, 4.69) is 30.6 Å². The van der Waals surface area contributed by atoms with Gasteiger partial charge in [0.25, 0.3) is 0 Å². The van der Waals surface area contributed by atoms with Crippen molar-refractivity contribution in [3.63, 3.8) is 0 Å². The average Bonchev–Trinajstić information content (AvgIpc) is 2.99. The predicted octanol–water partition coefficient (Wildman–Crippen LogP) is 5.56. The van der Waals surface area contributed by atoms with Gasteiger partial charge in [-0.1, -0.05) is 29.1 Å². The first-order valence-electron chi connectivity index (χ1n) is 14.6. The van der Waals surface area contributed by atoms with Gasteiger partial charge in [-0.05, 0) is 68.6 Å². The second kappa shape index (κ2) is 14.8. The number of aromatic nitrogens is 3. The summed E-state index contributed by atoms with van der Waals surface area (Å²) in [6, 6.07) is 9.36. The zero-order valence-corrected chi connectivity index (χ0v) is 25.9. The van der Waals surface area contributed by atoms with Crippen molar-refractivity contribution in [3.05, 3.63) is 58.3 Å². The third-order valence-corrected chi connectivity index (χ3v) is 8.14. The molecule has 2 saturated heterocycles. The molecule has 0 bridgehead atoms. The van der Waals surface area contributed by atoms with Crippen LogP contribution < -0.4 is 9.64 Å². The number of benzene rings is 1. The lowest BCUT2D eigenvalue weighted by Crippen LogP contribution is -2.47. The molecule has 2 fully saturated rings. The lowest BCUT2D eigenvalue weighted by atomic mass is 9.93. The zero-order chi connectivity index (χ0) is 30.2. The summed E-state index contributed by atoms with van der Waals surface area (Å²) in [5.74, 6) is 4.53. The van der Waals surface area contributed by atoms with E-state index in [-0.39, 0.29) is 5.97 Å². The molecule has 5 rings (SSSR count). The fourth-order valence-electron chi connectivity index (χ4n) is 5.50. The van der Waals surface area contributed by atoms with Crippen LogP contribution in [0.1, 0.15) is 31.7 Å². The van der Waals surface area contributed by atoms with E-state index in [0.717, 1.165) is 63.2 Å². The van der Waals surface area contributed by atoms with Gasteiger partial charge in [-0.3, -0.25) is 14.6 Å². The standard InChI is InChI=1S/C32H36Cl2N6O3/c1-3-7-38-10-12-40(13-11-38)32-35-20-28(21-36-32)43-30-15-24(14-29(37-30)25-17-26(33)19-27(34)18-25)22-39-8-5-23(6-9-39)16-31(41)42-4-2/h1,14-15,17-21,23H,4-13,16,22H2,2H3. The van der Waals surface area contributed by atoms with Gasteiger partial charge in [-0.2, -0.15) is 0 Å². The number of likely N-dealkylation sites (tertiary alicyclic amines) is 1. The monoisotopic (exact) mass is 622 g/mol. The van der Waals surface area contributed by atoms with Crippen LogP contribution in [-0.2, 0) is 16.1 Å². The summed E-state index contributed by atoms with van der Waals surface area (Å²) >= 11 is 12.6. The van der Waals surface area contributed by atoms with Crippen LogP contribution in [0.15, 0.2) is 42.7 Å². The predicted molar refractivity (Wildman–Crippen MR) is 169 cm³/mol.